The quantitative estimate of drug-likeness (QED) is 0.856. The van der Waals surface area contributed by atoms with Crippen molar-refractivity contribution in [2.24, 2.45) is 0 Å². The number of carbonyl (C=O) groups excluding carboxylic acids is 1. The predicted molar refractivity (Wildman–Crippen MR) is 75.2 cm³/mol. The average molecular weight is 288 g/mol. The molecule has 0 radical (unpaired) electrons. The molecule has 0 saturated carbocycles. The van der Waals surface area contributed by atoms with Gasteiger partial charge < -0.3 is 10.4 Å². The highest BCUT2D eigenvalue weighted by molar-refractivity contribution is 5.94. The lowest BCUT2D eigenvalue weighted by molar-refractivity contribution is 0.0694. The number of aryl methyl sites for hydroxylation is 2. The molecule has 0 spiro atoms. The maximum Gasteiger partial charge on any atom is 0.337 e. The Bertz CT molecular complexity index is 679. The number of nitrogens with zero attached hydrogens (tertiary/aromatic N) is 3. The zero-order valence-corrected chi connectivity index (χ0v) is 11.8. The van der Waals surface area contributed by atoms with Crippen molar-refractivity contribution in [3.8, 4) is 0 Å². The third-order valence-electron chi connectivity index (χ3n) is 2.94. The van der Waals surface area contributed by atoms with Gasteiger partial charge in [0.05, 0.1) is 24.0 Å². The van der Waals surface area contributed by atoms with Gasteiger partial charge in [-0.25, -0.2) is 9.78 Å². The first-order valence-electron chi connectivity index (χ1n) is 6.45. The number of carboxylic acid groups (broad SMARTS) is 1. The van der Waals surface area contributed by atoms with Crippen molar-refractivity contribution in [2.45, 2.75) is 20.4 Å². The molecule has 1 amide bonds. The highest BCUT2D eigenvalue weighted by Gasteiger charge is 2.12. The molecule has 21 heavy (non-hydrogen) atoms. The highest BCUT2D eigenvalue weighted by Crippen LogP contribution is 2.06. The van der Waals surface area contributed by atoms with E-state index in [1.54, 1.807) is 17.8 Å². The van der Waals surface area contributed by atoms with Gasteiger partial charge in [-0.2, -0.15) is 5.10 Å². The number of aromatic carboxylic acids is 1. The third kappa shape index (κ3) is 3.65. The Kier molecular flexibility index (Phi) is 4.32. The smallest absolute Gasteiger partial charge is 0.337 e. The number of nitrogens with one attached hydrogen (secondary N) is 1. The number of hydrogen-bond donors (Lipinski definition) is 2. The summed E-state index contributed by atoms with van der Waals surface area (Å²) in [4.78, 5) is 26.8. The third-order valence-corrected chi connectivity index (χ3v) is 2.94. The summed E-state index contributed by atoms with van der Waals surface area (Å²) in [5.41, 5.74) is 1.67. The fourth-order valence-electron chi connectivity index (χ4n) is 1.88. The van der Waals surface area contributed by atoms with Gasteiger partial charge >= 0.3 is 5.97 Å². The molecule has 0 aliphatic heterocycles. The Hall–Kier alpha value is -2.70. The van der Waals surface area contributed by atoms with E-state index in [9.17, 15) is 9.59 Å². The van der Waals surface area contributed by atoms with Crippen LogP contribution < -0.4 is 5.32 Å². The monoisotopic (exact) mass is 288 g/mol. The fourth-order valence-corrected chi connectivity index (χ4v) is 1.88. The van der Waals surface area contributed by atoms with Crippen molar-refractivity contribution < 1.29 is 14.7 Å². The zero-order valence-electron chi connectivity index (χ0n) is 11.8. The van der Waals surface area contributed by atoms with E-state index >= 15 is 0 Å². The van der Waals surface area contributed by atoms with Crippen LogP contribution in [0.15, 0.2) is 24.5 Å². The topological polar surface area (TPSA) is 97.1 Å². The van der Waals surface area contributed by atoms with E-state index < -0.39 is 5.97 Å². The first-order valence-corrected chi connectivity index (χ1v) is 6.45. The first kappa shape index (κ1) is 14.7. The molecule has 0 aliphatic rings. The number of carboxylic acids is 1. The molecule has 2 rings (SSSR count). The molecule has 0 saturated heterocycles. The Balaban J connectivity index is 1.94. The summed E-state index contributed by atoms with van der Waals surface area (Å²) >= 11 is 0. The maximum atomic E-state index is 11.9. The molecule has 7 heteroatoms. The normalized spacial score (nSPS) is 10.4. The van der Waals surface area contributed by atoms with Gasteiger partial charge in [0.25, 0.3) is 5.91 Å². The van der Waals surface area contributed by atoms with Crippen LogP contribution in [0.3, 0.4) is 0 Å². The largest absolute Gasteiger partial charge is 0.478 e. The maximum absolute atomic E-state index is 11.9. The van der Waals surface area contributed by atoms with E-state index in [2.05, 4.69) is 15.4 Å². The molecule has 2 N–H and O–H groups in total. The molecule has 0 fully saturated rings. The summed E-state index contributed by atoms with van der Waals surface area (Å²) in [7, 11) is 0. The lowest BCUT2D eigenvalue weighted by Crippen LogP contribution is -2.28. The van der Waals surface area contributed by atoms with E-state index in [-0.39, 0.29) is 17.2 Å². The van der Waals surface area contributed by atoms with Gasteiger partial charge in [0.2, 0.25) is 0 Å². The fraction of sp³-hybridized carbons (Fsp3) is 0.286. The Morgan fingerprint density at radius 2 is 2.10 bits per heavy atom. The van der Waals surface area contributed by atoms with Crippen molar-refractivity contribution in [1.82, 2.24) is 20.1 Å². The van der Waals surface area contributed by atoms with E-state index in [4.69, 9.17) is 5.11 Å². The number of hydrogen-bond acceptors (Lipinski definition) is 4. The van der Waals surface area contributed by atoms with Crippen molar-refractivity contribution in [1.29, 1.82) is 0 Å². The van der Waals surface area contributed by atoms with Crippen LogP contribution in [0.4, 0.5) is 0 Å². The number of carbonyl (C=O) groups is 2. The summed E-state index contributed by atoms with van der Waals surface area (Å²) in [5, 5.41) is 15.8. The van der Waals surface area contributed by atoms with Gasteiger partial charge in [-0.05, 0) is 31.5 Å². The second-order valence-electron chi connectivity index (χ2n) is 4.67. The number of rotatable bonds is 5. The molecule has 0 aromatic carbocycles. The van der Waals surface area contributed by atoms with Crippen molar-refractivity contribution in [3.63, 3.8) is 0 Å². The summed E-state index contributed by atoms with van der Waals surface area (Å²) in [5.74, 6) is -1.39. The van der Waals surface area contributed by atoms with Crippen molar-refractivity contribution in [3.05, 3.63) is 47.0 Å². The van der Waals surface area contributed by atoms with Gasteiger partial charge in [-0.3, -0.25) is 9.48 Å². The molecule has 0 aliphatic carbocycles. The van der Waals surface area contributed by atoms with Gasteiger partial charge in [0.1, 0.15) is 5.69 Å². The van der Waals surface area contributed by atoms with E-state index in [1.165, 1.54) is 12.1 Å². The number of pyridine rings is 1. The molecule has 7 nitrogen and oxygen atoms in total. The van der Waals surface area contributed by atoms with Crippen LogP contribution in [0, 0.1) is 13.8 Å². The SMILES string of the molecule is Cc1cnn(CCNC(=O)c2ccc(C(=O)O)c(C)n2)c1. The van der Waals surface area contributed by atoms with Gasteiger partial charge in [-0.1, -0.05) is 0 Å². The zero-order chi connectivity index (χ0) is 15.4. The molecule has 2 aromatic heterocycles. The van der Waals surface area contributed by atoms with Crippen LogP contribution >= 0.6 is 0 Å². The molecule has 0 bridgehead atoms. The first-order chi connectivity index (χ1) is 9.97. The predicted octanol–water partition coefficient (Wildman–Crippen LogP) is 1.02. The van der Waals surface area contributed by atoms with E-state index in [1.807, 2.05) is 13.1 Å². The second kappa shape index (κ2) is 6.17. The summed E-state index contributed by atoms with van der Waals surface area (Å²) in [6.07, 6.45) is 3.63. The molecular formula is C14H16N4O3. The molecule has 110 valence electrons. The summed E-state index contributed by atoms with van der Waals surface area (Å²) < 4.78 is 1.74. The average Bonchev–Trinajstić information content (AvgIpc) is 2.83. The molecule has 0 atom stereocenters. The van der Waals surface area contributed by atoms with Crippen molar-refractivity contribution >= 4 is 11.9 Å². The molecule has 2 heterocycles. The summed E-state index contributed by atoms with van der Waals surface area (Å²) in [6.45, 7) is 4.48. The lowest BCUT2D eigenvalue weighted by Gasteiger charge is -2.06. The minimum atomic E-state index is -1.05. The van der Waals surface area contributed by atoms with E-state index in [0.717, 1.165) is 5.56 Å². The second-order valence-corrected chi connectivity index (χ2v) is 4.67. The summed E-state index contributed by atoms with van der Waals surface area (Å²) in [6, 6.07) is 2.79. The highest BCUT2D eigenvalue weighted by atomic mass is 16.4. The van der Waals surface area contributed by atoms with Crippen LogP contribution in [0.2, 0.25) is 0 Å². The van der Waals surface area contributed by atoms with Crippen LogP contribution in [0.5, 0.6) is 0 Å². The Morgan fingerprint density at radius 1 is 1.33 bits per heavy atom. The molecule has 0 unspecified atom stereocenters. The lowest BCUT2D eigenvalue weighted by atomic mass is 10.2. The Labute approximate surface area is 121 Å². The van der Waals surface area contributed by atoms with Gasteiger partial charge in [0.15, 0.2) is 0 Å². The minimum absolute atomic E-state index is 0.0959. The van der Waals surface area contributed by atoms with Crippen LogP contribution in [0.25, 0.3) is 0 Å². The minimum Gasteiger partial charge on any atom is -0.478 e. The van der Waals surface area contributed by atoms with Crippen molar-refractivity contribution in [2.75, 3.05) is 6.54 Å². The Morgan fingerprint density at radius 3 is 2.67 bits per heavy atom. The van der Waals surface area contributed by atoms with Crippen LogP contribution in [-0.2, 0) is 6.54 Å². The van der Waals surface area contributed by atoms with E-state index in [0.29, 0.717) is 18.8 Å². The number of amides is 1. The van der Waals surface area contributed by atoms with Crippen LogP contribution in [0.1, 0.15) is 32.1 Å². The van der Waals surface area contributed by atoms with Crippen LogP contribution in [-0.4, -0.2) is 38.3 Å². The molecular weight excluding hydrogens is 272 g/mol. The standard InChI is InChI=1S/C14H16N4O3/c1-9-7-16-18(8-9)6-5-15-13(19)12-4-3-11(14(20)21)10(2)17-12/h3-4,7-8H,5-6H2,1-2H3,(H,15,19)(H,20,21). The van der Waals surface area contributed by atoms with Gasteiger partial charge in [-0.15, -0.1) is 0 Å². The van der Waals surface area contributed by atoms with Gasteiger partial charge in [0, 0.05) is 12.7 Å². The number of aromatic nitrogens is 3. The molecule has 2 aromatic rings.